The number of carbonyl (C=O) groups excluding carboxylic acids is 3. The number of aromatic nitrogens is 4. The number of hydrogen-bond acceptors (Lipinski definition) is 8. The van der Waals surface area contributed by atoms with Crippen LogP contribution in [0.4, 0.5) is 9.59 Å². The number of hydrogen-bond donors (Lipinski definition) is 5. The largest absolute Gasteiger partial charge is 0.508 e. The van der Waals surface area contributed by atoms with Crippen molar-refractivity contribution in [2.75, 3.05) is 27.2 Å². The number of phenols is 1. The van der Waals surface area contributed by atoms with Gasteiger partial charge in [-0.1, -0.05) is 74.5 Å². The Kier molecular flexibility index (Phi) is 12.0. The lowest BCUT2D eigenvalue weighted by Crippen LogP contribution is -2.51. The molecule has 4 heterocycles. The van der Waals surface area contributed by atoms with Crippen molar-refractivity contribution in [1.82, 2.24) is 40.0 Å². The van der Waals surface area contributed by atoms with Gasteiger partial charge in [0, 0.05) is 26.6 Å². The first kappa shape index (κ1) is 40.6. The number of rotatable bonds is 12. The lowest BCUT2D eigenvalue weighted by Gasteiger charge is -2.32. The molecule has 3 aromatic carbocycles. The van der Waals surface area contributed by atoms with Crippen molar-refractivity contribution in [3.05, 3.63) is 102 Å². The van der Waals surface area contributed by atoms with Crippen molar-refractivity contribution in [3.63, 3.8) is 0 Å². The van der Waals surface area contributed by atoms with Crippen LogP contribution in [0.25, 0.3) is 33.6 Å². The Bertz CT molecular complexity index is 2270. The molecule has 0 spiro atoms. The number of ether oxygens (including phenoxy) is 1. The van der Waals surface area contributed by atoms with Gasteiger partial charge in [0.2, 0.25) is 11.8 Å². The van der Waals surface area contributed by atoms with Gasteiger partial charge in [-0.25, -0.2) is 19.6 Å². The number of methoxy groups -OCH3 is 1. The van der Waals surface area contributed by atoms with Crippen LogP contribution >= 0.6 is 0 Å². The van der Waals surface area contributed by atoms with Crippen LogP contribution in [0.2, 0.25) is 0 Å². The van der Waals surface area contributed by atoms with E-state index in [1.54, 1.807) is 34.3 Å². The Morgan fingerprint density at radius 3 is 1.71 bits per heavy atom. The zero-order chi connectivity index (χ0) is 41.8. The van der Waals surface area contributed by atoms with Gasteiger partial charge in [0.05, 0.1) is 43.0 Å². The number of phenolic OH excluding ortho intramolecular Hbond substituents is 1. The highest BCUT2D eigenvalue weighted by Crippen LogP contribution is 2.35. The van der Waals surface area contributed by atoms with Crippen LogP contribution < -0.4 is 5.32 Å². The third kappa shape index (κ3) is 8.78. The summed E-state index contributed by atoms with van der Waals surface area (Å²) in [5.41, 5.74) is 6.34. The van der Waals surface area contributed by atoms with Crippen LogP contribution in [0.3, 0.4) is 0 Å². The van der Waals surface area contributed by atoms with Crippen LogP contribution in [0.15, 0.2) is 85.2 Å². The molecule has 308 valence electrons. The number of imidazole rings is 2. The van der Waals surface area contributed by atoms with Crippen molar-refractivity contribution in [2.24, 2.45) is 5.92 Å². The predicted octanol–water partition coefficient (Wildman–Crippen LogP) is 6.77. The van der Waals surface area contributed by atoms with Crippen molar-refractivity contribution < 1.29 is 34.1 Å². The first-order chi connectivity index (χ1) is 28.4. The summed E-state index contributed by atoms with van der Waals surface area (Å²) in [5.74, 6) is 0.902. The van der Waals surface area contributed by atoms with Gasteiger partial charge in [0.25, 0.3) is 0 Å². The highest BCUT2D eigenvalue weighted by Gasteiger charge is 2.39. The number of amides is 4. The molecule has 0 saturated carbocycles. The van der Waals surface area contributed by atoms with Gasteiger partial charge in [-0.2, -0.15) is 0 Å². The molecule has 5 aromatic rings. The molecule has 0 aliphatic carbocycles. The number of alkyl carbamates (subject to hydrolysis) is 1. The second kappa shape index (κ2) is 17.5. The van der Waals surface area contributed by atoms with Crippen LogP contribution in [-0.4, -0.2) is 108 Å². The van der Waals surface area contributed by atoms with E-state index in [0.717, 1.165) is 63.4 Å². The number of nitrogens with one attached hydrogen (secondary N) is 3. The maximum atomic E-state index is 14.0. The molecule has 2 aliphatic rings. The zero-order valence-electron chi connectivity index (χ0n) is 33.6. The molecule has 15 nitrogen and oxygen atoms in total. The molecule has 5 N–H and O–H groups in total. The molecule has 4 atom stereocenters. The van der Waals surface area contributed by atoms with E-state index < -0.39 is 24.3 Å². The number of aromatic amines is 2. The minimum Gasteiger partial charge on any atom is -0.508 e. The second-order valence-electron chi connectivity index (χ2n) is 15.5. The minimum absolute atomic E-state index is 0.0969. The number of likely N-dealkylation sites (tertiary alicyclic amines) is 2. The number of nitrogens with zero attached hydrogens (tertiary/aromatic N) is 5. The van der Waals surface area contributed by atoms with Gasteiger partial charge in [-0.3, -0.25) is 14.5 Å². The molecule has 2 aromatic heterocycles. The predicted molar refractivity (Wildman–Crippen MR) is 220 cm³/mol. The fourth-order valence-corrected chi connectivity index (χ4v) is 8.07. The number of aromatic hydroxyl groups is 1. The molecular formula is C44H50N8O7. The maximum absolute atomic E-state index is 14.0. The number of H-pyrrole nitrogens is 2. The first-order valence-electron chi connectivity index (χ1n) is 19.9. The monoisotopic (exact) mass is 802 g/mol. The summed E-state index contributed by atoms with van der Waals surface area (Å²) < 4.78 is 4.75. The number of benzene rings is 3. The third-order valence-corrected chi connectivity index (χ3v) is 11.4. The molecule has 59 heavy (non-hydrogen) atoms. The van der Waals surface area contributed by atoms with Crippen molar-refractivity contribution in [3.8, 4) is 39.4 Å². The van der Waals surface area contributed by atoms with Crippen molar-refractivity contribution in [2.45, 2.75) is 70.1 Å². The molecular weight excluding hydrogens is 753 g/mol. The lowest BCUT2D eigenvalue weighted by molar-refractivity contribution is -0.137. The van der Waals surface area contributed by atoms with E-state index in [1.165, 1.54) is 26.3 Å². The van der Waals surface area contributed by atoms with Crippen molar-refractivity contribution >= 4 is 24.0 Å². The van der Waals surface area contributed by atoms with Crippen LogP contribution in [0.5, 0.6) is 5.75 Å². The van der Waals surface area contributed by atoms with Crippen LogP contribution in [0, 0.1) is 5.92 Å². The summed E-state index contributed by atoms with van der Waals surface area (Å²) in [4.78, 5) is 72.2. The molecule has 7 rings (SSSR count). The molecule has 0 radical (unpaired) electrons. The fraction of sp³-hybridized carbons (Fsp3) is 0.364. The average Bonchev–Trinajstić information content (AvgIpc) is 4.09. The van der Waals surface area contributed by atoms with Crippen LogP contribution in [0.1, 0.15) is 68.8 Å². The molecule has 2 aliphatic heterocycles. The number of carboxylic acid groups (broad SMARTS) is 1. The van der Waals surface area contributed by atoms with Crippen molar-refractivity contribution in [1.29, 1.82) is 0 Å². The summed E-state index contributed by atoms with van der Waals surface area (Å²) in [6.45, 7) is 4.86. The highest BCUT2D eigenvalue weighted by atomic mass is 16.5. The summed E-state index contributed by atoms with van der Waals surface area (Å²) in [7, 11) is 2.69. The average molecular weight is 803 g/mol. The second-order valence-corrected chi connectivity index (χ2v) is 15.5. The molecule has 15 heteroatoms. The molecule has 0 unspecified atom stereocenters. The van der Waals surface area contributed by atoms with Gasteiger partial charge in [-0.15, -0.1) is 0 Å². The van der Waals surface area contributed by atoms with E-state index in [0.29, 0.717) is 31.2 Å². The standard InChI is InChI=1S/C44H50N8O7/c1-26(2)38(49-43(56)59-4)42(55)52-22-6-8-36(52)40-46-25-34(48-40)31-17-13-29(14-18-31)28-11-15-30(16-12-28)33-24-45-39(47-33)35-7-5-21-51(35)41(54)37(50(3)44(57)58)23-27-9-19-32(53)20-10-27/h9-20,24-26,35-38,53H,5-8,21-23H2,1-4H3,(H,45,47)(H,46,48)(H,49,56)(H,57,58)/t35-,36-,37-,38-/m0/s1. The number of likely N-dealkylation sites (N-methyl/N-ethyl adjacent to an activating group) is 1. The number of carbonyl (C=O) groups is 4. The normalized spacial score (nSPS) is 17.5. The molecule has 0 bridgehead atoms. The lowest BCUT2D eigenvalue weighted by atomic mass is 10.0. The van der Waals surface area contributed by atoms with Crippen LogP contribution in [-0.2, 0) is 20.7 Å². The van der Waals surface area contributed by atoms with Gasteiger partial charge >= 0.3 is 12.2 Å². The van der Waals surface area contributed by atoms with Gasteiger partial charge in [-0.05, 0) is 71.6 Å². The highest BCUT2D eigenvalue weighted by molar-refractivity contribution is 5.87. The van der Waals surface area contributed by atoms with E-state index in [2.05, 4.69) is 37.4 Å². The third-order valence-electron chi connectivity index (χ3n) is 11.4. The summed E-state index contributed by atoms with van der Waals surface area (Å²) in [6, 6.07) is 20.6. The molecule has 2 saturated heterocycles. The van der Waals surface area contributed by atoms with E-state index in [9.17, 15) is 29.4 Å². The maximum Gasteiger partial charge on any atom is 0.407 e. The Morgan fingerprint density at radius 1 is 0.780 bits per heavy atom. The Morgan fingerprint density at radius 2 is 1.25 bits per heavy atom. The van der Waals surface area contributed by atoms with E-state index in [-0.39, 0.29) is 42.0 Å². The summed E-state index contributed by atoms with van der Waals surface area (Å²) >= 11 is 0. The molecule has 2 fully saturated rings. The zero-order valence-corrected chi connectivity index (χ0v) is 33.6. The smallest absolute Gasteiger partial charge is 0.407 e. The van der Waals surface area contributed by atoms with E-state index >= 15 is 0 Å². The minimum atomic E-state index is -1.19. The molecule has 4 amide bonds. The fourth-order valence-electron chi connectivity index (χ4n) is 8.07. The Labute approximate surface area is 342 Å². The van der Waals surface area contributed by atoms with Gasteiger partial charge in [0.15, 0.2) is 0 Å². The quantitative estimate of drug-likeness (QED) is 0.0904. The van der Waals surface area contributed by atoms with E-state index in [1.807, 2.05) is 50.2 Å². The topological polar surface area (TPSA) is 197 Å². The Balaban J connectivity index is 1.01. The van der Waals surface area contributed by atoms with Gasteiger partial charge in [0.1, 0.15) is 29.5 Å². The van der Waals surface area contributed by atoms with E-state index in [4.69, 9.17) is 4.74 Å². The first-order valence-corrected chi connectivity index (χ1v) is 19.9. The Hall–Kier alpha value is -6.64. The summed E-state index contributed by atoms with van der Waals surface area (Å²) in [5, 5.41) is 22.2. The summed E-state index contributed by atoms with van der Waals surface area (Å²) in [6.07, 6.45) is 4.97. The SMILES string of the molecule is COC(=O)N[C@H](C(=O)N1CCC[C@H]1c1ncc(-c2ccc(-c3ccc(-c4cnc([C@@H]5CCCN5C(=O)[C@H](Cc5ccc(O)cc5)N(C)C(=O)O)[nH]4)cc3)cc2)[nH]1)C(C)C. The van der Waals surface area contributed by atoms with Gasteiger partial charge < -0.3 is 40.0 Å².